The number of fused-ring (bicyclic) bond motifs is 2. The Morgan fingerprint density at radius 2 is 1.85 bits per heavy atom. The SMILES string of the molecule is C=C/C=c1/ccc2ccc(CNC(=O)CCCNC(=O)OC[C@@H]3[C@@H]4CC/C(C)=C\CC[C@@H]43)c(C=C)c2c1=C(C)C. The van der Waals surface area contributed by atoms with E-state index in [0.717, 1.165) is 40.0 Å². The van der Waals surface area contributed by atoms with Crippen LogP contribution in [0.1, 0.15) is 70.4 Å². The molecule has 2 amide bonds. The molecule has 0 aromatic heterocycles. The van der Waals surface area contributed by atoms with Gasteiger partial charge >= 0.3 is 6.09 Å². The number of rotatable bonds is 10. The van der Waals surface area contributed by atoms with E-state index in [0.29, 0.717) is 50.3 Å². The number of ether oxygens (including phenoxy) is 1. The highest BCUT2D eigenvalue weighted by atomic mass is 16.5. The van der Waals surface area contributed by atoms with Crippen molar-refractivity contribution in [1.29, 1.82) is 0 Å². The lowest BCUT2D eigenvalue weighted by Crippen LogP contribution is -2.29. The zero-order valence-corrected chi connectivity index (χ0v) is 24.4. The molecule has 2 aliphatic carbocycles. The molecule has 0 saturated heterocycles. The lowest BCUT2D eigenvalue weighted by Gasteiger charge is -2.13. The van der Waals surface area contributed by atoms with Crippen molar-refractivity contribution in [2.45, 2.75) is 65.8 Å². The summed E-state index contributed by atoms with van der Waals surface area (Å²) in [7, 11) is 0. The monoisotopic (exact) mass is 540 g/mol. The van der Waals surface area contributed by atoms with Crippen LogP contribution in [0.5, 0.6) is 0 Å². The molecule has 5 heteroatoms. The molecule has 0 spiro atoms. The van der Waals surface area contributed by atoms with Gasteiger partial charge in [-0.05, 0) is 103 Å². The number of carbonyl (C=O) groups is 2. The average molecular weight is 541 g/mol. The summed E-state index contributed by atoms with van der Waals surface area (Å²) in [6.45, 7) is 15.7. The fourth-order valence-electron chi connectivity index (χ4n) is 6.29. The minimum atomic E-state index is -0.382. The largest absolute Gasteiger partial charge is 0.449 e. The normalized spacial score (nSPS) is 21.7. The maximum atomic E-state index is 12.6. The van der Waals surface area contributed by atoms with Gasteiger partial charge in [0.1, 0.15) is 0 Å². The van der Waals surface area contributed by atoms with Crippen molar-refractivity contribution in [1.82, 2.24) is 10.6 Å². The van der Waals surface area contributed by atoms with E-state index in [1.54, 1.807) is 6.08 Å². The lowest BCUT2D eigenvalue weighted by atomic mass is 9.94. The van der Waals surface area contributed by atoms with E-state index in [-0.39, 0.29) is 12.0 Å². The molecule has 0 bridgehead atoms. The summed E-state index contributed by atoms with van der Waals surface area (Å²) < 4.78 is 5.50. The van der Waals surface area contributed by atoms with Crippen LogP contribution in [-0.4, -0.2) is 25.2 Å². The van der Waals surface area contributed by atoms with Crippen molar-refractivity contribution in [3.05, 3.63) is 76.7 Å². The van der Waals surface area contributed by atoms with Crippen molar-refractivity contribution in [3.63, 3.8) is 0 Å². The molecule has 0 unspecified atom stereocenters. The molecular formula is C35H44N2O3. The van der Waals surface area contributed by atoms with E-state index in [1.165, 1.54) is 29.2 Å². The molecule has 1 fully saturated rings. The van der Waals surface area contributed by atoms with Crippen molar-refractivity contribution in [2.75, 3.05) is 13.2 Å². The highest BCUT2D eigenvalue weighted by Crippen LogP contribution is 2.53. The number of allylic oxidation sites excluding steroid dienone is 3. The van der Waals surface area contributed by atoms with Gasteiger partial charge in [0, 0.05) is 19.5 Å². The van der Waals surface area contributed by atoms with Gasteiger partial charge in [0.15, 0.2) is 0 Å². The van der Waals surface area contributed by atoms with Gasteiger partial charge in [-0.25, -0.2) is 4.79 Å². The lowest BCUT2D eigenvalue weighted by molar-refractivity contribution is -0.121. The molecule has 40 heavy (non-hydrogen) atoms. The Hall–Kier alpha value is -3.60. The number of nitrogens with one attached hydrogen (secondary N) is 2. The quantitative estimate of drug-likeness (QED) is 0.281. The molecule has 212 valence electrons. The van der Waals surface area contributed by atoms with E-state index >= 15 is 0 Å². The summed E-state index contributed by atoms with van der Waals surface area (Å²) in [6.07, 6.45) is 13.3. The standard InChI is InChI=1S/C35H44N2O3/c1-6-10-25-15-16-26-17-18-27(28(7-2)34(26)33(25)23(3)4)21-37-32(38)13-9-20-36-35(39)40-22-31-29-12-8-11-24(5)14-19-30(29)31/h6-7,10-11,15-18,29-31H,1-2,8-9,12-14,19-22H2,3-5H3,(H,36,39)(H,37,38)/b24-11-,25-10-/t29-,30+,31-/m0/s1. The molecule has 2 aromatic carbocycles. The molecule has 2 aromatic rings. The molecule has 0 radical (unpaired) electrons. The van der Waals surface area contributed by atoms with E-state index < -0.39 is 0 Å². The molecule has 0 aliphatic heterocycles. The number of alkyl carbamates (subject to hydrolysis) is 1. The van der Waals surface area contributed by atoms with Gasteiger partial charge < -0.3 is 15.4 Å². The second kappa shape index (κ2) is 13.6. The van der Waals surface area contributed by atoms with Gasteiger partial charge in [-0.2, -0.15) is 0 Å². The molecular weight excluding hydrogens is 496 g/mol. The fraction of sp³-hybridized carbons (Fsp3) is 0.429. The number of hydrogen-bond donors (Lipinski definition) is 2. The van der Waals surface area contributed by atoms with Crippen LogP contribution in [0.15, 0.2) is 55.1 Å². The Labute approximate surface area is 238 Å². The molecule has 2 aliphatic rings. The van der Waals surface area contributed by atoms with Crippen molar-refractivity contribution >= 4 is 40.5 Å². The number of amides is 2. The van der Waals surface area contributed by atoms with Crippen molar-refractivity contribution in [2.24, 2.45) is 17.8 Å². The van der Waals surface area contributed by atoms with Crippen LogP contribution >= 0.6 is 0 Å². The summed E-state index contributed by atoms with van der Waals surface area (Å²) in [5.74, 6) is 1.87. The zero-order chi connectivity index (χ0) is 28.6. The first-order valence-corrected chi connectivity index (χ1v) is 14.6. The van der Waals surface area contributed by atoms with Gasteiger partial charge in [-0.1, -0.05) is 72.9 Å². The first kappa shape index (κ1) is 29.4. The van der Waals surface area contributed by atoms with E-state index in [2.05, 4.69) is 74.9 Å². The van der Waals surface area contributed by atoms with E-state index in [9.17, 15) is 9.59 Å². The predicted molar refractivity (Wildman–Crippen MR) is 166 cm³/mol. The van der Waals surface area contributed by atoms with E-state index in [1.807, 2.05) is 12.2 Å². The van der Waals surface area contributed by atoms with Crippen LogP contribution < -0.4 is 21.1 Å². The Bertz CT molecular complexity index is 1430. The molecule has 3 atom stereocenters. The average Bonchev–Trinajstić information content (AvgIpc) is 3.59. The first-order valence-electron chi connectivity index (χ1n) is 14.6. The van der Waals surface area contributed by atoms with Gasteiger partial charge in [-0.3, -0.25) is 4.79 Å². The third kappa shape index (κ3) is 7.12. The van der Waals surface area contributed by atoms with Crippen molar-refractivity contribution in [3.8, 4) is 0 Å². The van der Waals surface area contributed by atoms with Crippen LogP contribution in [0.2, 0.25) is 0 Å². The maximum Gasteiger partial charge on any atom is 0.407 e. The molecule has 2 N–H and O–H groups in total. The Morgan fingerprint density at radius 1 is 1.07 bits per heavy atom. The zero-order valence-electron chi connectivity index (χ0n) is 24.4. The summed E-state index contributed by atoms with van der Waals surface area (Å²) >= 11 is 0. The highest BCUT2D eigenvalue weighted by Gasteiger charge is 2.49. The minimum absolute atomic E-state index is 0.0458. The second-order valence-electron chi connectivity index (χ2n) is 11.4. The van der Waals surface area contributed by atoms with Gasteiger partial charge in [0.25, 0.3) is 0 Å². The Balaban J connectivity index is 1.24. The predicted octanol–water partition coefficient (Wildman–Crippen LogP) is 6.14. The highest BCUT2D eigenvalue weighted by molar-refractivity contribution is 5.93. The fourth-order valence-corrected chi connectivity index (χ4v) is 6.29. The van der Waals surface area contributed by atoms with Gasteiger partial charge in [0.2, 0.25) is 5.91 Å². The van der Waals surface area contributed by atoms with Crippen LogP contribution in [0.4, 0.5) is 4.79 Å². The Kier molecular flexibility index (Phi) is 10.0. The molecule has 4 rings (SSSR count). The Morgan fingerprint density at radius 3 is 2.60 bits per heavy atom. The minimum Gasteiger partial charge on any atom is -0.449 e. The first-order chi connectivity index (χ1) is 19.3. The topological polar surface area (TPSA) is 67.4 Å². The number of benzene rings is 2. The summed E-state index contributed by atoms with van der Waals surface area (Å²) in [6, 6.07) is 8.38. The van der Waals surface area contributed by atoms with Crippen LogP contribution in [-0.2, 0) is 16.1 Å². The van der Waals surface area contributed by atoms with E-state index in [4.69, 9.17) is 4.74 Å². The smallest absolute Gasteiger partial charge is 0.407 e. The molecule has 0 heterocycles. The third-order valence-corrected chi connectivity index (χ3v) is 8.46. The third-order valence-electron chi connectivity index (χ3n) is 8.46. The number of carbonyl (C=O) groups excluding carboxylic acids is 2. The van der Waals surface area contributed by atoms with Crippen LogP contribution in [0.3, 0.4) is 0 Å². The van der Waals surface area contributed by atoms with Crippen LogP contribution in [0, 0.1) is 17.8 Å². The van der Waals surface area contributed by atoms with Crippen molar-refractivity contribution < 1.29 is 14.3 Å². The van der Waals surface area contributed by atoms with Gasteiger partial charge in [0.05, 0.1) is 6.61 Å². The maximum absolute atomic E-state index is 12.6. The second-order valence-corrected chi connectivity index (χ2v) is 11.4. The van der Waals surface area contributed by atoms with Crippen LogP contribution in [0.25, 0.3) is 28.5 Å². The molecule has 1 saturated carbocycles. The van der Waals surface area contributed by atoms with Gasteiger partial charge in [-0.15, -0.1) is 0 Å². The summed E-state index contributed by atoms with van der Waals surface area (Å²) in [4.78, 5) is 24.8. The summed E-state index contributed by atoms with van der Waals surface area (Å²) in [5.41, 5.74) is 4.75. The number of hydrogen-bond acceptors (Lipinski definition) is 3. The molecule has 5 nitrogen and oxygen atoms in total. The summed E-state index contributed by atoms with van der Waals surface area (Å²) in [5, 5.41) is 10.4.